The number of aliphatic hydroxyl groups is 1. The molecule has 30 heavy (non-hydrogen) atoms. The topological polar surface area (TPSA) is 68.9 Å². The molecule has 2 saturated carbocycles. The van der Waals surface area contributed by atoms with Gasteiger partial charge in [-0.15, -0.1) is 0 Å². The molecule has 156 valence electrons. The molecule has 1 heterocycles. The van der Waals surface area contributed by atoms with Gasteiger partial charge in [-0.3, -0.25) is 4.79 Å². The third kappa shape index (κ3) is 4.00. The molecule has 2 aliphatic rings. The van der Waals surface area contributed by atoms with Gasteiger partial charge in [-0.2, -0.15) is 0 Å². The Bertz CT molecular complexity index is 1070. The van der Waals surface area contributed by atoms with Gasteiger partial charge in [-0.05, 0) is 73.4 Å². The van der Waals surface area contributed by atoms with Gasteiger partial charge >= 0.3 is 0 Å². The molecule has 2 aromatic carbocycles. The van der Waals surface area contributed by atoms with E-state index in [4.69, 9.17) is 19.0 Å². The molecule has 0 radical (unpaired) electrons. The summed E-state index contributed by atoms with van der Waals surface area (Å²) in [7, 11) is 0. The summed E-state index contributed by atoms with van der Waals surface area (Å²) in [5.74, 6) is 2.25. The van der Waals surface area contributed by atoms with Crippen molar-refractivity contribution in [1.29, 1.82) is 0 Å². The van der Waals surface area contributed by atoms with Crippen molar-refractivity contribution in [2.75, 3.05) is 19.8 Å². The number of fused-ring (bicyclic) bond motifs is 1. The van der Waals surface area contributed by atoms with E-state index in [-0.39, 0.29) is 18.1 Å². The highest BCUT2D eigenvalue weighted by atomic mass is 16.5. The van der Waals surface area contributed by atoms with E-state index in [2.05, 4.69) is 6.07 Å². The van der Waals surface area contributed by atoms with Crippen molar-refractivity contribution < 1.29 is 19.0 Å². The number of ether oxygens (including phenoxy) is 2. The molecule has 2 aliphatic carbocycles. The quantitative estimate of drug-likeness (QED) is 0.558. The lowest BCUT2D eigenvalue weighted by Gasteiger charge is -2.33. The van der Waals surface area contributed by atoms with Crippen LogP contribution in [0.15, 0.2) is 57.7 Å². The largest absolute Gasteiger partial charge is 0.491 e. The molecule has 2 fully saturated rings. The normalized spacial score (nSPS) is 20.8. The van der Waals surface area contributed by atoms with Crippen LogP contribution < -0.4 is 10.2 Å². The van der Waals surface area contributed by atoms with Crippen molar-refractivity contribution in [1.82, 2.24) is 0 Å². The number of hydrogen-bond acceptors (Lipinski definition) is 5. The summed E-state index contributed by atoms with van der Waals surface area (Å²) in [6.07, 6.45) is 4.44. The summed E-state index contributed by atoms with van der Waals surface area (Å²) in [5.41, 5.74) is 2.71. The fourth-order valence-electron chi connectivity index (χ4n) is 4.11. The van der Waals surface area contributed by atoms with Gasteiger partial charge in [0.1, 0.15) is 23.7 Å². The summed E-state index contributed by atoms with van der Waals surface area (Å²) in [4.78, 5) is 12.6. The highest BCUT2D eigenvalue weighted by Crippen LogP contribution is 2.43. The van der Waals surface area contributed by atoms with Gasteiger partial charge in [0.25, 0.3) is 0 Å². The van der Waals surface area contributed by atoms with E-state index >= 15 is 0 Å². The van der Waals surface area contributed by atoms with Gasteiger partial charge in [-0.25, -0.2) is 0 Å². The fraction of sp³-hybridized carbons (Fsp3) is 0.400. The zero-order valence-electron chi connectivity index (χ0n) is 16.9. The molecule has 0 amide bonds. The van der Waals surface area contributed by atoms with Crippen LogP contribution in [0.5, 0.6) is 5.75 Å². The zero-order chi connectivity index (χ0) is 20.5. The van der Waals surface area contributed by atoms with E-state index < -0.39 is 0 Å². The van der Waals surface area contributed by atoms with Gasteiger partial charge in [-0.1, -0.05) is 12.1 Å². The molecule has 1 N–H and O–H groups in total. The molecule has 0 bridgehead atoms. The molecule has 5 heteroatoms. The Morgan fingerprint density at radius 1 is 1.03 bits per heavy atom. The molecular formula is C25H26O5. The predicted molar refractivity (Wildman–Crippen MR) is 115 cm³/mol. The van der Waals surface area contributed by atoms with Crippen LogP contribution in [0.2, 0.25) is 0 Å². The highest BCUT2D eigenvalue weighted by molar-refractivity contribution is 5.82. The monoisotopic (exact) mass is 406 g/mol. The molecule has 3 aromatic rings. The molecule has 0 atom stereocenters. The summed E-state index contributed by atoms with van der Waals surface area (Å²) in [5, 5.41) is 9.68. The Hall–Kier alpha value is -2.63. The first-order valence-electron chi connectivity index (χ1n) is 10.7. The standard InChI is InChI=1S/C25H26O5/c26-15-16-12-20(13-16)29-11-10-28-19-8-6-18(7-9-19)24-14-23(27)22-3-1-2-21(17-4-5-17)25(22)30-24/h1-3,6-9,14,16-17,20,26H,4-5,10-13,15H2. The van der Waals surface area contributed by atoms with Gasteiger partial charge in [0.2, 0.25) is 0 Å². The van der Waals surface area contributed by atoms with Gasteiger partial charge in [0, 0.05) is 18.2 Å². The van der Waals surface area contributed by atoms with Crippen LogP contribution in [0.25, 0.3) is 22.3 Å². The maximum Gasteiger partial charge on any atom is 0.193 e. The predicted octanol–water partition coefficient (Wildman–Crippen LogP) is 4.50. The van der Waals surface area contributed by atoms with E-state index in [1.165, 1.54) is 0 Å². The number of aliphatic hydroxyl groups excluding tert-OH is 1. The van der Waals surface area contributed by atoms with Gasteiger partial charge in [0.05, 0.1) is 18.1 Å². The molecular weight excluding hydrogens is 380 g/mol. The molecule has 0 spiro atoms. The molecule has 5 nitrogen and oxygen atoms in total. The average Bonchev–Trinajstić information content (AvgIpc) is 3.57. The molecule has 0 saturated heterocycles. The minimum absolute atomic E-state index is 0.00865. The number of benzene rings is 2. The van der Waals surface area contributed by atoms with Crippen molar-refractivity contribution >= 4 is 11.0 Å². The minimum atomic E-state index is -0.00865. The van der Waals surface area contributed by atoms with E-state index in [9.17, 15) is 4.79 Å². The average molecular weight is 406 g/mol. The Kier molecular flexibility index (Phi) is 5.32. The first kappa shape index (κ1) is 19.3. The van der Waals surface area contributed by atoms with Crippen LogP contribution in [0.3, 0.4) is 0 Å². The van der Waals surface area contributed by atoms with Crippen LogP contribution in [0.1, 0.15) is 37.2 Å². The SMILES string of the molecule is O=c1cc(-c2ccc(OCCOC3CC(CO)C3)cc2)oc2c(C3CC3)cccc12. The van der Waals surface area contributed by atoms with Crippen molar-refractivity contribution in [3.8, 4) is 17.1 Å². The highest BCUT2D eigenvalue weighted by Gasteiger charge is 2.29. The molecule has 5 rings (SSSR count). The van der Waals surface area contributed by atoms with Gasteiger partial charge < -0.3 is 19.0 Å². The van der Waals surface area contributed by atoms with Crippen LogP contribution in [-0.2, 0) is 4.74 Å². The minimum Gasteiger partial charge on any atom is -0.491 e. The fourth-order valence-corrected chi connectivity index (χ4v) is 4.11. The summed E-state index contributed by atoms with van der Waals surface area (Å²) < 4.78 is 17.7. The Labute approximate surface area is 175 Å². The van der Waals surface area contributed by atoms with E-state index in [1.807, 2.05) is 36.4 Å². The van der Waals surface area contributed by atoms with Crippen LogP contribution >= 0.6 is 0 Å². The van der Waals surface area contributed by atoms with E-state index in [0.717, 1.165) is 48.1 Å². The smallest absolute Gasteiger partial charge is 0.193 e. The lowest BCUT2D eigenvalue weighted by Crippen LogP contribution is -2.34. The first-order valence-corrected chi connectivity index (χ1v) is 10.7. The van der Waals surface area contributed by atoms with Crippen molar-refractivity contribution in [2.24, 2.45) is 5.92 Å². The summed E-state index contributed by atoms with van der Waals surface area (Å²) in [6, 6.07) is 15.0. The zero-order valence-corrected chi connectivity index (χ0v) is 16.9. The van der Waals surface area contributed by atoms with Crippen molar-refractivity contribution in [3.63, 3.8) is 0 Å². The third-order valence-electron chi connectivity index (χ3n) is 6.10. The van der Waals surface area contributed by atoms with Gasteiger partial charge in [0.15, 0.2) is 5.43 Å². The Morgan fingerprint density at radius 3 is 2.57 bits per heavy atom. The number of para-hydroxylation sites is 1. The molecule has 0 unspecified atom stereocenters. The van der Waals surface area contributed by atoms with Crippen LogP contribution in [0, 0.1) is 5.92 Å². The Balaban J connectivity index is 1.25. The van der Waals surface area contributed by atoms with Crippen LogP contribution in [0.4, 0.5) is 0 Å². The maximum atomic E-state index is 12.6. The van der Waals surface area contributed by atoms with Crippen molar-refractivity contribution in [2.45, 2.75) is 37.7 Å². The lowest BCUT2D eigenvalue weighted by molar-refractivity contribution is -0.0523. The second-order valence-corrected chi connectivity index (χ2v) is 8.36. The number of rotatable bonds is 8. The maximum absolute atomic E-state index is 12.6. The third-order valence-corrected chi connectivity index (χ3v) is 6.10. The number of hydrogen-bond donors (Lipinski definition) is 1. The lowest BCUT2D eigenvalue weighted by atomic mass is 9.83. The van der Waals surface area contributed by atoms with Crippen molar-refractivity contribution in [3.05, 3.63) is 64.3 Å². The van der Waals surface area contributed by atoms with E-state index in [1.54, 1.807) is 6.07 Å². The second-order valence-electron chi connectivity index (χ2n) is 8.36. The summed E-state index contributed by atoms with van der Waals surface area (Å²) >= 11 is 0. The summed E-state index contributed by atoms with van der Waals surface area (Å²) in [6.45, 7) is 1.27. The van der Waals surface area contributed by atoms with Crippen LogP contribution in [-0.4, -0.2) is 31.0 Å². The second kappa shape index (κ2) is 8.25. The molecule has 1 aromatic heterocycles. The first-order chi connectivity index (χ1) is 14.7. The Morgan fingerprint density at radius 2 is 1.83 bits per heavy atom. The van der Waals surface area contributed by atoms with E-state index in [0.29, 0.717) is 36.2 Å². The molecule has 0 aliphatic heterocycles.